The van der Waals surface area contributed by atoms with E-state index in [1.807, 2.05) is 24.3 Å². The van der Waals surface area contributed by atoms with Crippen LogP contribution in [-0.2, 0) is 20.6 Å². The van der Waals surface area contributed by atoms with Crippen molar-refractivity contribution in [2.75, 3.05) is 33.5 Å². The van der Waals surface area contributed by atoms with Gasteiger partial charge in [0.15, 0.2) is 0 Å². The first-order valence-electron chi connectivity index (χ1n) is 6.26. The van der Waals surface area contributed by atoms with E-state index in [0.29, 0.717) is 26.4 Å². The van der Waals surface area contributed by atoms with Crippen LogP contribution in [0.4, 0.5) is 0 Å². The van der Waals surface area contributed by atoms with E-state index in [0.717, 1.165) is 12.0 Å². The van der Waals surface area contributed by atoms with E-state index in [1.165, 1.54) is 5.56 Å². The predicted molar refractivity (Wildman–Crippen MR) is 67.5 cm³/mol. The van der Waals surface area contributed by atoms with Gasteiger partial charge in [-0.15, -0.1) is 0 Å². The zero-order valence-electron chi connectivity index (χ0n) is 10.7. The lowest BCUT2D eigenvalue weighted by molar-refractivity contribution is -0.133. The Hall–Kier alpha value is -0.940. The molecule has 2 unspecified atom stereocenters. The fourth-order valence-corrected chi connectivity index (χ4v) is 2.00. The van der Waals surface area contributed by atoms with Crippen LogP contribution in [0.25, 0.3) is 0 Å². The quantitative estimate of drug-likeness (QED) is 0.858. The first-order valence-corrected chi connectivity index (χ1v) is 6.26. The van der Waals surface area contributed by atoms with E-state index in [2.05, 4.69) is 0 Å². The number of ether oxygens (including phenoxy) is 3. The predicted octanol–water partition coefficient (Wildman–Crippen LogP) is 1.32. The zero-order chi connectivity index (χ0) is 12.8. The summed E-state index contributed by atoms with van der Waals surface area (Å²) in [5, 5.41) is 10.2. The molecule has 1 aliphatic rings. The van der Waals surface area contributed by atoms with Gasteiger partial charge < -0.3 is 19.3 Å². The van der Waals surface area contributed by atoms with Gasteiger partial charge in [-0.25, -0.2) is 0 Å². The lowest BCUT2D eigenvalue weighted by Gasteiger charge is -2.27. The fourth-order valence-electron chi connectivity index (χ4n) is 2.00. The molecule has 1 aromatic carbocycles. The summed E-state index contributed by atoms with van der Waals surface area (Å²) in [5.74, 6) is 0. The highest BCUT2D eigenvalue weighted by Crippen LogP contribution is 2.21. The van der Waals surface area contributed by atoms with Gasteiger partial charge in [-0.2, -0.15) is 0 Å². The Morgan fingerprint density at radius 1 is 1.33 bits per heavy atom. The number of rotatable bonds is 5. The summed E-state index contributed by atoms with van der Waals surface area (Å²) in [6.45, 7) is 2.32. The molecule has 100 valence electrons. The molecule has 0 amide bonds. The zero-order valence-corrected chi connectivity index (χ0v) is 10.7. The van der Waals surface area contributed by atoms with Crippen molar-refractivity contribution in [2.24, 2.45) is 0 Å². The second-order valence-electron chi connectivity index (χ2n) is 4.41. The number of methoxy groups -OCH3 is 1. The Morgan fingerprint density at radius 3 is 2.72 bits per heavy atom. The molecular weight excluding hydrogens is 232 g/mol. The van der Waals surface area contributed by atoms with Crippen molar-refractivity contribution in [1.29, 1.82) is 0 Å². The van der Waals surface area contributed by atoms with Crippen LogP contribution in [-0.4, -0.2) is 44.7 Å². The van der Waals surface area contributed by atoms with Crippen molar-refractivity contribution in [3.05, 3.63) is 35.4 Å². The molecule has 18 heavy (non-hydrogen) atoms. The Morgan fingerprint density at radius 2 is 2.11 bits per heavy atom. The topological polar surface area (TPSA) is 47.9 Å². The van der Waals surface area contributed by atoms with E-state index < -0.39 is 6.10 Å². The summed E-state index contributed by atoms with van der Waals surface area (Å²) in [4.78, 5) is 0. The summed E-state index contributed by atoms with van der Waals surface area (Å²) in [6, 6.07) is 7.91. The molecule has 0 spiro atoms. The third-order valence-corrected chi connectivity index (χ3v) is 3.11. The van der Waals surface area contributed by atoms with Crippen LogP contribution in [0.15, 0.2) is 24.3 Å². The van der Waals surface area contributed by atoms with Gasteiger partial charge in [0.2, 0.25) is 0 Å². The molecule has 0 bridgehead atoms. The fraction of sp³-hybridized carbons (Fsp3) is 0.571. The summed E-state index contributed by atoms with van der Waals surface area (Å²) in [7, 11) is 1.69. The van der Waals surface area contributed by atoms with Crippen LogP contribution in [0.3, 0.4) is 0 Å². The maximum atomic E-state index is 10.2. The molecule has 4 heteroatoms. The van der Waals surface area contributed by atoms with Crippen molar-refractivity contribution in [3.8, 4) is 0 Å². The minimum Gasteiger partial charge on any atom is -0.386 e. The van der Waals surface area contributed by atoms with E-state index >= 15 is 0 Å². The lowest BCUT2D eigenvalue weighted by atomic mass is 10.0. The van der Waals surface area contributed by atoms with Crippen LogP contribution in [0.5, 0.6) is 0 Å². The SMILES string of the molecule is COCCc1ccc(C(O)C2COCCO2)cc1. The van der Waals surface area contributed by atoms with E-state index in [9.17, 15) is 5.11 Å². The van der Waals surface area contributed by atoms with Gasteiger partial charge in [0.1, 0.15) is 12.2 Å². The minimum atomic E-state index is -0.623. The van der Waals surface area contributed by atoms with Crippen LogP contribution in [0.2, 0.25) is 0 Å². The van der Waals surface area contributed by atoms with Gasteiger partial charge in [0.05, 0.1) is 26.4 Å². The van der Waals surface area contributed by atoms with Crippen LogP contribution in [0, 0.1) is 0 Å². The Bertz CT molecular complexity index is 343. The average molecular weight is 252 g/mol. The highest BCUT2D eigenvalue weighted by molar-refractivity contribution is 5.25. The van der Waals surface area contributed by atoms with E-state index in [1.54, 1.807) is 7.11 Å². The number of hydrogen-bond acceptors (Lipinski definition) is 4. The molecule has 1 aromatic rings. The largest absolute Gasteiger partial charge is 0.386 e. The van der Waals surface area contributed by atoms with Crippen LogP contribution >= 0.6 is 0 Å². The minimum absolute atomic E-state index is 0.261. The molecule has 2 atom stereocenters. The molecule has 1 fully saturated rings. The smallest absolute Gasteiger partial charge is 0.111 e. The first kappa shape index (κ1) is 13.5. The van der Waals surface area contributed by atoms with Crippen molar-refractivity contribution in [1.82, 2.24) is 0 Å². The van der Waals surface area contributed by atoms with Gasteiger partial charge in [-0.1, -0.05) is 24.3 Å². The molecule has 1 N–H and O–H groups in total. The molecule has 4 nitrogen and oxygen atoms in total. The summed E-state index contributed by atoms with van der Waals surface area (Å²) < 4.78 is 15.8. The molecule has 1 heterocycles. The third-order valence-electron chi connectivity index (χ3n) is 3.11. The Balaban J connectivity index is 1.95. The molecule has 1 saturated heterocycles. The van der Waals surface area contributed by atoms with Gasteiger partial charge in [-0.05, 0) is 17.5 Å². The molecule has 0 radical (unpaired) electrons. The standard InChI is InChI=1S/C14H20O4/c1-16-7-6-11-2-4-12(5-3-11)14(15)13-10-17-8-9-18-13/h2-5,13-15H,6-10H2,1H3. The van der Waals surface area contributed by atoms with Gasteiger partial charge >= 0.3 is 0 Å². The lowest BCUT2D eigenvalue weighted by Crippen LogP contribution is -2.33. The Labute approximate surface area is 107 Å². The average Bonchev–Trinajstić information content (AvgIpc) is 2.46. The highest BCUT2D eigenvalue weighted by atomic mass is 16.6. The molecule has 0 saturated carbocycles. The van der Waals surface area contributed by atoms with E-state index in [4.69, 9.17) is 14.2 Å². The maximum Gasteiger partial charge on any atom is 0.111 e. The van der Waals surface area contributed by atoms with Gasteiger partial charge in [0.25, 0.3) is 0 Å². The maximum absolute atomic E-state index is 10.2. The monoisotopic (exact) mass is 252 g/mol. The van der Waals surface area contributed by atoms with E-state index in [-0.39, 0.29) is 6.10 Å². The molecule has 0 aromatic heterocycles. The Kier molecular flexibility index (Phi) is 5.13. The molecular formula is C14H20O4. The summed E-state index contributed by atoms with van der Waals surface area (Å²) in [5.41, 5.74) is 2.07. The van der Waals surface area contributed by atoms with Crippen molar-refractivity contribution in [3.63, 3.8) is 0 Å². The first-order chi connectivity index (χ1) is 8.81. The molecule has 0 aliphatic carbocycles. The van der Waals surface area contributed by atoms with Crippen LogP contribution < -0.4 is 0 Å². The number of aliphatic hydroxyl groups is 1. The van der Waals surface area contributed by atoms with Crippen LogP contribution in [0.1, 0.15) is 17.2 Å². The van der Waals surface area contributed by atoms with Crippen molar-refractivity contribution >= 4 is 0 Å². The second kappa shape index (κ2) is 6.85. The van der Waals surface area contributed by atoms with Crippen molar-refractivity contribution < 1.29 is 19.3 Å². The summed E-state index contributed by atoms with van der Waals surface area (Å²) >= 11 is 0. The molecule has 2 rings (SSSR count). The number of hydrogen-bond donors (Lipinski definition) is 1. The van der Waals surface area contributed by atoms with Gasteiger partial charge in [-0.3, -0.25) is 0 Å². The number of benzene rings is 1. The van der Waals surface area contributed by atoms with Gasteiger partial charge in [0, 0.05) is 7.11 Å². The third kappa shape index (κ3) is 3.53. The van der Waals surface area contributed by atoms with Crippen molar-refractivity contribution in [2.45, 2.75) is 18.6 Å². The second-order valence-corrected chi connectivity index (χ2v) is 4.41. The molecule has 1 aliphatic heterocycles. The normalized spacial score (nSPS) is 21.8. The highest BCUT2D eigenvalue weighted by Gasteiger charge is 2.24. The number of aliphatic hydroxyl groups excluding tert-OH is 1. The summed E-state index contributed by atoms with van der Waals surface area (Å²) in [6.07, 6.45) is 0.000901.